The molecule has 0 saturated carbocycles. The minimum Gasteiger partial charge on any atom is -0.382 e. The van der Waals surface area contributed by atoms with E-state index in [1.54, 1.807) is 14.0 Å². The minimum absolute atomic E-state index is 0.388. The van der Waals surface area contributed by atoms with Gasteiger partial charge in [-0.15, -0.1) is 0 Å². The smallest absolute Gasteiger partial charge is 0.348 e. The summed E-state index contributed by atoms with van der Waals surface area (Å²) in [6, 6.07) is -0.638. The Kier molecular flexibility index (Phi) is 5.58. The predicted octanol–water partition coefficient (Wildman–Crippen LogP) is 0.383. The zero-order chi connectivity index (χ0) is 13.8. The molecular weight excluding hydrogens is 258 g/mol. The average molecular weight is 276 g/mol. The van der Waals surface area contributed by atoms with Gasteiger partial charge in [-0.1, -0.05) is 0 Å². The topological polar surface area (TPSA) is 85.2 Å². The fraction of sp³-hybridized carbons (Fsp3) is 0.800. The minimum atomic E-state index is -4.17. The van der Waals surface area contributed by atoms with Crippen LogP contribution in [0.1, 0.15) is 13.3 Å². The predicted molar refractivity (Wildman–Crippen MR) is 66.4 cm³/mol. The van der Waals surface area contributed by atoms with E-state index in [4.69, 9.17) is 31.8 Å². The molecule has 1 fully saturated rings. The van der Waals surface area contributed by atoms with Crippen molar-refractivity contribution < 1.29 is 28.6 Å². The van der Waals surface area contributed by atoms with E-state index in [0.717, 1.165) is 5.82 Å². The molecule has 0 aliphatic carbocycles. The lowest BCUT2D eigenvalue weighted by Crippen LogP contribution is -2.39. The summed E-state index contributed by atoms with van der Waals surface area (Å²) >= 11 is 0. The monoisotopic (exact) mass is 276 g/mol. The van der Waals surface area contributed by atoms with Crippen LogP contribution >= 0.6 is 7.60 Å². The summed E-state index contributed by atoms with van der Waals surface area (Å²) < 4.78 is 26.6. The van der Waals surface area contributed by atoms with E-state index in [9.17, 15) is 4.57 Å². The molecule has 2 N–H and O–H groups in total. The summed E-state index contributed by atoms with van der Waals surface area (Å²) in [6.07, 6.45) is 1.31. The van der Waals surface area contributed by atoms with E-state index in [-0.39, 0.29) is 0 Å². The molecule has 1 heterocycles. The highest BCUT2D eigenvalue weighted by Crippen LogP contribution is 2.38. The Morgan fingerprint density at radius 3 is 2.78 bits per heavy atom. The van der Waals surface area contributed by atoms with Gasteiger partial charge in [0.15, 0.2) is 0 Å². The van der Waals surface area contributed by atoms with Crippen LogP contribution in [0.5, 0.6) is 0 Å². The lowest BCUT2D eigenvalue weighted by molar-refractivity contribution is -0.0668. The molecule has 18 heavy (non-hydrogen) atoms. The average Bonchev–Trinajstić information content (AvgIpc) is 2.52. The van der Waals surface area contributed by atoms with Gasteiger partial charge in [0.1, 0.15) is 7.85 Å². The molecule has 8 heteroatoms. The molecule has 1 aliphatic heterocycles. The molecule has 0 unspecified atom stereocenters. The molecule has 0 aromatic heterocycles. The van der Waals surface area contributed by atoms with Gasteiger partial charge in [-0.3, -0.25) is 4.57 Å². The normalized spacial score (nSPS) is 33.3. The van der Waals surface area contributed by atoms with Gasteiger partial charge in [0, 0.05) is 25.4 Å². The van der Waals surface area contributed by atoms with Crippen LogP contribution < -0.4 is 0 Å². The summed E-state index contributed by atoms with van der Waals surface area (Å²) in [7, 11) is 3.21. The van der Waals surface area contributed by atoms with Gasteiger partial charge in [0.25, 0.3) is 0 Å². The highest BCUT2D eigenvalue weighted by atomic mass is 31.2. The van der Waals surface area contributed by atoms with Crippen molar-refractivity contribution in [2.45, 2.75) is 31.1 Å². The molecule has 0 aromatic rings. The molecule has 2 radical (unpaired) electrons. The quantitative estimate of drug-likeness (QED) is 0.414. The van der Waals surface area contributed by atoms with E-state index in [0.29, 0.717) is 19.6 Å². The Bertz CT molecular complexity index is 343. The van der Waals surface area contributed by atoms with Crippen molar-refractivity contribution in [2.75, 3.05) is 20.3 Å². The first-order valence-corrected chi connectivity index (χ1v) is 7.23. The molecule has 3 atom stereocenters. The second-order valence-corrected chi connectivity index (χ2v) is 5.86. The Hall–Kier alpha value is -0.165. The van der Waals surface area contributed by atoms with E-state index < -0.39 is 25.3 Å². The number of ether oxygens (including phenoxy) is 3. The summed E-state index contributed by atoms with van der Waals surface area (Å²) in [5, 5.41) is 0. The Morgan fingerprint density at radius 2 is 2.22 bits per heavy atom. The standard InChI is InChI=1S/C10H18BO6P/c1-10(16-5-4-15-2)7-8(17-9(10)11)3-6-18(12,13)14/h3,6,8-9H,4-5,7H2,1-2H3,(H2,12,13,14)/b6-3-/t8-,9-,10-/m1/s1. The zero-order valence-corrected chi connectivity index (χ0v) is 11.4. The Balaban J connectivity index is 2.55. The molecule has 0 spiro atoms. The van der Waals surface area contributed by atoms with E-state index in [2.05, 4.69) is 0 Å². The highest BCUT2D eigenvalue weighted by Gasteiger charge is 2.42. The van der Waals surface area contributed by atoms with Crippen LogP contribution in [-0.4, -0.2) is 55.7 Å². The number of hydrogen-bond donors (Lipinski definition) is 2. The lowest BCUT2D eigenvalue weighted by Gasteiger charge is -2.28. The SMILES string of the molecule is [B][C@@H]1O[C@H](/C=C\P(=O)(O)O)C[C@@]1(C)OCCOC. The Morgan fingerprint density at radius 1 is 1.56 bits per heavy atom. The van der Waals surface area contributed by atoms with Crippen LogP contribution in [-0.2, 0) is 18.8 Å². The van der Waals surface area contributed by atoms with Crippen molar-refractivity contribution in [1.29, 1.82) is 0 Å². The van der Waals surface area contributed by atoms with Gasteiger partial charge < -0.3 is 24.0 Å². The number of hydrogen-bond acceptors (Lipinski definition) is 4. The van der Waals surface area contributed by atoms with Crippen LogP contribution in [0.3, 0.4) is 0 Å². The van der Waals surface area contributed by atoms with Crippen molar-refractivity contribution in [3.05, 3.63) is 11.9 Å². The first kappa shape index (κ1) is 15.9. The van der Waals surface area contributed by atoms with Gasteiger partial charge in [-0.2, -0.15) is 0 Å². The molecule has 6 nitrogen and oxygen atoms in total. The van der Waals surface area contributed by atoms with E-state index >= 15 is 0 Å². The number of rotatable bonds is 6. The van der Waals surface area contributed by atoms with Crippen molar-refractivity contribution in [2.24, 2.45) is 0 Å². The second kappa shape index (κ2) is 6.32. The van der Waals surface area contributed by atoms with E-state index in [1.807, 2.05) is 0 Å². The van der Waals surface area contributed by atoms with Gasteiger partial charge in [0.2, 0.25) is 0 Å². The van der Waals surface area contributed by atoms with Crippen LogP contribution in [0, 0.1) is 0 Å². The van der Waals surface area contributed by atoms with Crippen molar-refractivity contribution in [3.63, 3.8) is 0 Å². The Labute approximate surface area is 108 Å². The molecule has 0 amide bonds. The molecule has 1 rings (SSSR count). The van der Waals surface area contributed by atoms with Crippen molar-refractivity contribution >= 4 is 15.4 Å². The van der Waals surface area contributed by atoms with Crippen LogP contribution in [0.4, 0.5) is 0 Å². The van der Waals surface area contributed by atoms with Gasteiger partial charge in [0.05, 0.1) is 24.9 Å². The van der Waals surface area contributed by atoms with Crippen LogP contribution in [0.2, 0.25) is 0 Å². The number of methoxy groups -OCH3 is 1. The van der Waals surface area contributed by atoms with Gasteiger partial charge >= 0.3 is 7.60 Å². The summed E-state index contributed by atoms with van der Waals surface area (Å²) in [5.74, 6) is 0.825. The van der Waals surface area contributed by atoms with Crippen molar-refractivity contribution in [1.82, 2.24) is 0 Å². The summed E-state index contributed by atoms with van der Waals surface area (Å²) in [4.78, 5) is 17.5. The van der Waals surface area contributed by atoms with Crippen molar-refractivity contribution in [3.8, 4) is 0 Å². The first-order valence-electron chi connectivity index (χ1n) is 5.55. The zero-order valence-electron chi connectivity index (χ0n) is 10.5. The van der Waals surface area contributed by atoms with Gasteiger partial charge in [-0.25, -0.2) is 0 Å². The fourth-order valence-corrected chi connectivity index (χ4v) is 2.13. The maximum Gasteiger partial charge on any atom is 0.348 e. The third kappa shape index (κ3) is 4.84. The largest absolute Gasteiger partial charge is 0.382 e. The molecule has 0 aromatic carbocycles. The molecule has 102 valence electrons. The fourth-order valence-electron chi connectivity index (χ4n) is 1.72. The van der Waals surface area contributed by atoms with Crippen LogP contribution in [0.25, 0.3) is 0 Å². The third-order valence-electron chi connectivity index (χ3n) is 2.74. The lowest BCUT2D eigenvalue weighted by atomic mass is 9.83. The van der Waals surface area contributed by atoms with E-state index in [1.165, 1.54) is 6.08 Å². The molecule has 1 aliphatic rings. The maximum absolute atomic E-state index is 10.7. The van der Waals surface area contributed by atoms with Crippen LogP contribution in [0.15, 0.2) is 11.9 Å². The van der Waals surface area contributed by atoms with Gasteiger partial charge in [-0.05, 0) is 13.0 Å². The first-order chi connectivity index (χ1) is 8.27. The summed E-state index contributed by atoms with van der Waals surface area (Å²) in [5.41, 5.74) is -0.678. The molecule has 0 bridgehead atoms. The summed E-state index contributed by atoms with van der Waals surface area (Å²) in [6.45, 7) is 2.64. The molecule has 1 saturated heterocycles. The third-order valence-corrected chi connectivity index (χ3v) is 3.30. The second-order valence-electron chi connectivity index (χ2n) is 4.38. The maximum atomic E-state index is 10.7. The molecular formula is C10H18BO6P. The highest BCUT2D eigenvalue weighted by molar-refractivity contribution is 7.55.